The molecule has 5 heteroatoms. The van der Waals surface area contributed by atoms with E-state index in [0.29, 0.717) is 0 Å². The second-order valence-electron chi connectivity index (χ2n) is 6.31. The molecule has 0 aliphatic carbocycles. The predicted octanol–water partition coefficient (Wildman–Crippen LogP) is 5.10. The van der Waals surface area contributed by atoms with Crippen molar-refractivity contribution in [2.75, 3.05) is 0 Å². The average molecular weight is 396 g/mol. The molecule has 2 aromatic rings. The summed E-state index contributed by atoms with van der Waals surface area (Å²) in [6.07, 6.45) is 3.50. The summed E-state index contributed by atoms with van der Waals surface area (Å²) in [6.45, 7) is 9.79. The molecule has 0 bridgehead atoms. The lowest BCUT2D eigenvalue weighted by Crippen LogP contribution is -2.37. The van der Waals surface area contributed by atoms with E-state index in [-0.39, 0.29) is 16.7 Å². The molecular weight excluding hydrogens is 374 g/mol. The van der Waals surface area contributed by atoms with Crippen molar-refractivity contribution in [2.24, 2.45) is 0 Å². The van der Waals surface area contributed by atoms with Gasteiger partial charge in [0.05, 0.1) is 28.0 Å². The Hall–Kier alpha value is -1.17. The van der Waals surface area contributed by atoms with E-state index < -0.39 is 11.0 Å². The smallest absolute Gasteiger partial charge is 0.122 e. The number of rotatable bonds is 6. The first kappa shape index (κ1) is 18.2. The topological polar surface area (TPSA) is 42.2 Å². The molecule has 23 heavy (non-hydrogen) atoms. The van der Waals surface area contributed by atoms with Crippen LogP contribution in [0.2, 0.25) is 0 Å². The van der Waals surface area contributed by atoms with Crippen molar-refractivity contribution in [2.45, 2.75) is 37.5 Å². The Balaban J connectivity index is 2.37. The summed E-state index contributed by atoms with van der Waals surface area (Å²) in [5, 5.41) is 0. The number of hydrogen-bond acceptors (Lipinski definition) is 2. The molecule has 1 unspecified atom stereocenters. The largest absolute Gasteiger partial charge is 0.468 e. The zero-order valence-corrected chi connectivity index (χ0v) is 16.0. The lowest BCUT2D eigenvalue weighted by atomic mass is 9.91. The second-order valence-corrected chi connectivity index (χ2v) is 9.22. The van der Waals surface area contributed by atoms with Crippen molar-refractivity contribution in [3.63, 3.8) is 0 Å². The van der Waals surface area contributed by atoms with Gasteiger partial charge in [0.1, 0.15) is 5.76 Å². The minimum atomic E-state index is -1.22. The Bertz CT molecular complexity index is 659. The lowest BCUT2D eigenvalue weighted by molar-refractivity contribution is 0.429. The molecule has 1 N–H and O–H groups in total. The van der Waals surface area contributed by atoms with Crippen LogP contribution in [-0.4, -0.2) is 8.96 Å². The Kier molecular flexibility index (Phi) is 6.00. The third kappa shape index (κ3) is 4.66. The van der Waals surface area contributed by atoms with Crippen LogP contribution < -0.4 is 4.72 Å². The van der Waals surface area contributed by atoms with Gasteiger partial charge >= 0.3 is 0 Å². The molecule has 1 aromatic carbocycles. The summed E-state index contributed by atoms with van der Waals surface area (Å²) in [7, 11) is -1.22. The highest BCUT2D eigenvalue weighted by Gasteiger charge is 2.30. The maximum absolute atomic E-state index is 12.6. The minimum absolute atomic E-state index is 0.0550. The molecule has 3 nitrogen and oxygen atoms in total. The van der Waals surface area contributed by atoms with Crippen LogP contribution in [0, 0.1) is 0 Å². The summed E-state index contributed by atoms with van der Waals surface area (Å²) in [5.74, 6) is 0.691. The Morgan fingerprint density at radius 1 is 1.26 bits per heavy atom. The van der Waals surface area contributed by atoms with Crippen LogP contribution in [0.5, 0.6) is 0 Å². The van der Waals surface area contributed by atoms with Crippen LogP contribution in [0.1, 0.15) is 44.1 Å². The van der Waals surface area contributed by atoms with Gasteiger partial charge < -0.3 is 4.42 Å². The fourth-order valence-electron chi connectivity index (χ4n) is 2.22. The molecule has 0 spiro atoms. The van der Waals surface area contributed by atoms with E-state index in [4.69, 9.17) is 4.42 Å². The maximum atomic E-state index is 12.6. The maximum Gasteiger partial charge on any atom is 0.122 e. The number of nitrogens with one attached hydrogen (secondary N) is 1. The molecule has 1 heterocycles. The minimum Gasteiger partial charge on any atom is -0.468 e. The molecule has 0 aliphatic rings. The summed E-state index contributed by atoms with van der Waals surface area (Å²) in [4.78, 5) is 0. The van der Waals surface area contributed by atoms with E-state index in [1.165, 1.54) is 0 Å². The molecule has 0 aliphatic heterocycles. The zero-order valence-electron chi connectivity index (χ0n) is 13.6. The standard InChI is InChI=1S/C18H22BrNO2S/c1-5-15(13-8-10-14(19)11-9-13)17(16-7-6-12-22-16)20-23(21)18(2,3)4/h5-12,15,17,20H,1H2,2-4H3/t15-,17-,23?/m0/s1. The molecule has 124 valence electrons. The van der Waals surface area contributed by atoms with Crippen molar-refractivity contribution >= 4 is 26.9 Å². The quantitative estimate of drug-likeness (QED) is 0.690. The Morgan fingerprint density at radius 3 is 2.39 bits per heavy atom. The highest BCUT2D eigenvalue weighted by atomic mass is 79.9. The highest BCUT2D eigenvalue weighted by molar-refractivity contribution is 9.10. The number of halogens is 1. The van der Waals surface area contributed by atoms with Crippen LogP contribution in [0.3, 0.4) is 0 Å². The van der Waals surface area contributed by atoms with E-state index in [1.807, 2.05) is 63.2 Å². The third-order valence-corrected chi connectivity index (χ3v) is 5.62. The van der Waals surface area contributed by atoms with E-state index in [9.17, 15) is 4.21 Å². The molecule has 3 atom stereocenters. The van der Waals surface area contributed by atoms with Gasteiger partial charge in [0.25, 0.3) is 0 Å². The van der Waals surface area contributed by atoms with Crippen LogP contribution in [0.25, 0.3) is 0 Å². The van der Waals surface area contributed by atoms with E-state index in [2.05, 4.69) is 27.2 Å². The molecule has 0 saturated carbocycles. The van der Waals surface area contributed by atoms with Crippen LogP contribution >= 0.6 is 15.9 Å². The van der Waals surface area contributed by atoms with Gasteiger partial charge in [0.2, 0.25) is 0 Å². The van der Waals surface area contributed by atoms with Crippen LogP contribution in [0.15, 0.2) is 64.2 Å². The average Bonchev–Trinajstić information content (AvgIpc) is 3.01. The summed E-state index contributed by atoms with van der Waals surface area (Å²) in [6, 6.07) is 11.5. The molecule has 1 aromatic heterocycles. The summed E-state index contributed by atoms with van der Waals surface area (Å²) in [5.41, 5.74) is 1.09. The van der Waals surface area contributed by atoms with Gasteiger partial charge in [-0.3, -0.25) is 0 Å². The van der Waals surface area contributed by atoms with Gasteiger partial charge in [0.15, 0.2) is 0 Å². The van der Waals surface area contributed by atoms with Crippen molar-refractivity contribution in [3.8, 4) is 0 Å². The van der Waals surface area contributed by atoms with Crippen molar-refractivity contribution in [3.05, 3.63) is 71.1 Å². The van der Waals surface area contributed by atoms with Gasteiger partial charge in [-0.25, -0.2) is 8.93 Å². The lowest BCUT2D eigenvalue weighted by Gasteiger charge is -2.28. The van der Waals surface area contributed by atoms with E-state index in [0.717, 1.165) is 15.8 Å². The van der Waals surface area contributed by atoms with Crippen molar-refractivity contribution in [1.82, 2.24) is 4.72 Å². The Morgan fingerprint density at radius 2 is 1.91 bits per heavy atom. The fourth-order valence-corrected chi connectivity index (χ4v) is 3.33. The second kappa shape index (κ2) is 7.60. The number of furan rings is 1. The number of hydrogen-bond donors (Lipinski definition) is 1. The van der Waals surface area contributed by atoms with Gasteiger partial charge in [0, 0.05) is 10.4 Å². The normalized spacial score (nSPS) is 15.8. The molecular formula is C18H22BrNO2S. The Labute approximate surface area is 148 Å². The SMILES string of the molecule is C=C[C@@H](c1ccc(Br)cc1)[C@H](NS(=O)C(C)(C)C)c1ccco1. The first-order chi connectivity index (χ1) is 10.8. The van der Waals surface area contributed by atoms with E-state index in [1.54, 1.807) is 6.26 Å². The highest BCUT2D eigenvalue weighted by Crippen LogP contribution is 2.34. The zero-order chi connectivity index (χ0) is 17.0. The monoisotopic (exact) mass is 395 g/mol. The van der Waals surface area contributed by atoms with Crippen molar-refractivity contribution < 1.29 is 8.63 Å². The molecule has 0 radical (unpaired) electrons. The molecule has 2 rings (SSSR count). The first-order valence-corrected chi connectivity index (χ1v) is 9.36. The first-order valence-electron chi connectivity index (χ1n) is 7.42. The predicted molar refractivity (Wildman–Crippen MR) is 99.6 cm³/mol. The van der Waals surface area contributed by atoms with Gasteiger partial charge in [-0.15, -0.1) is 6.58 Å². The van der Waals surface area contributed by atoms with Gasteiger partial charge in [-0.2, -0.15) is 0 Å². The van der Waals surface area contributed by atoms with Gasteiger partial charge in [-0.05, 0) is 50.6 Å². The summed E-state index contributed by atoms with van der Waals surface area (Å²) >= 11 is 3.45. The molecule has 0 amide bonds. The summed E-state index contributed by atoms with van der Waals surface area (Å²) < 4.78 is 22.0. The van der Waals surface area contributed by atoms with Crippen LogP contribution in [0.4, 0.5) is 0 Å². The fraction of sp³-hybridized carbons (Fsp3) is 0.333. The van der Waals surface area contributed by atoms with Gasteiger partial charge in [-0.1, -0.05) is 34.1 Å². The number of benzene rings is 1. The van der Waals surface area contributed by atoms with Crippen molar-refractivity contribution in [1.29, 1.82) is 0 Å². The molecule has 0 saturated heterocycles. The third-order valence-electron chi connectivity index (χ3n) is 3.51. The van der Waals surface area contributed by atoms with Crippen LogP contribution in [-0.2, 0) is 11.0 Å². The van der Waals surface area contributed by atoms with E-state index >= 15 is 0 Å². The molecule has 0 fully saturated rings.